The van der Waals surface area contributed by atoms with E-state index in [4.69, 9.17) is 27.7 Å². The van der Waals surface area contributed by atoms with Gasteiger partial charge < -0.3 is 42.8 Å². The van der Waals surface area contributed by atoms with Crippen molar-refractivity contribution in [1.82, 2.24) is 10.6 Å². The first kappa shape index (κ1) is 18.1. The molecule has 132 valence electrons. The highest BCUT2D eigenvalue weighted by Crippen LogP contribution is 2.22. The molecule has 0 aromatic carbocycles. The number of hydrogen-bond acceptors (Lipinski definition) is 9. The molecular formula is C13H27N7O3. The van der Waals surface area contributed by atoms with Crippen LogP contribution < -0.4 is 33.6 Å². The Morgan fingerprint density at radius 3 is 2.83 bits per heavy atom. The first-order valence-corrected chi connectivity index (χ1v) is 7.59. The number of rotatable bonds is 6. The molecular weight excluding hydrogens is 302 g/mol. The van der Waals surface area contributed by atoms with Crippen LogP contribution in [-0.4, -0.2) is 65.5 Å². The lowest BCUT2D eigenvalue weighted by Crippen LogP contribution is -2.61. The summed E-state index contributed by atoms with van der Waals surface area (Å²) < 4.78 is 5.67. The summed E-state index contributed by atoms with van der Waals surface area (Å²) in [5.41, 5.74) is 22.8. The van der Waals surface area contributed by atoms with Crippen LogP contribution >= 0.6 is 0 Å². The molecule has 2 rings (SSSR count). The summed E-state index contributed by atoms with van der Waals surface area (Å²) in [5.74, 6) is -1.34. The normalized spacial score (nSPS) is 37.4. The smallest absolute Gasteiger partial charge is 0.213 e. The minimum absolute atomic E-state index is 0.200. The van der Waals surface area contributed by atoms with Gasteiger partial charge >= 0.3 is 0 Å². The lowest BCUT2D eigenvalue weighted by atomic mass is 9.98. The Morgan fingerprint density at radius 1 is 1.61 bits per heavy atom. The number of aliphatic hydroxyl groups is 2. The summed E-state index contributed by atoms with van der Waals surface area (Å²) >= 11 is 0. The van der Waals surface area contributed by atoms with Gasteiger partial charge in [-0.1, -0.05) is 0 Å². The number of nitrogens with zero attached hydrogens (tertiary/aromatic N) is 1. The minimum Gasteiger partial charge on any atom is -0.386 e. The molecule has 1 fully saturated rings. The number of nitrogens with two attached hydrogens (primary N) is 4. The first-order valence-electron chi connectivity index (χ1n) is 7.59. The van der Waals surface area contributed by atoms with Gasteiger partial charge in [-0.15, -0.1) is 0 Å². The van der Waals surface area contributed by atoms with Gasteiger partial charge in [-0.05, 0) is 13.3 Å². The van der Waals surface area contributed by atoms with Crippen molar-refractivity contribution in [1.29, 1.82) is 0 Å². The molecule has 10 nitrogen and oxygen atoms in total. The van der Waals surface area contributed by atoms with Gasteiger partial charge in [0, 0.05) is 25.2 Å². The fourth-order valence-corrected chi connectivity index (χ4v) is 2.56. The fraction of sp³-hybridized carbons (Fsp3) is 0.769. The molecule has 2 aliphatic heterocycles. The van der Waals surface area contributed by atoms with Crippen molar-refractivity contribution in [2.24, 2.45) is 27.9 Å². The van der Waals surface area contributed by atoms with E-state index in [1.807, 2.05) is 6.92 Å². The SMILES string of the molecule is CC1CC(OC(O)C2=CC(N)(O)N2)C(N=C(N)C(N)CN)CN1. The van der Waals surface area contributed by atoms with Crippen LogP contribution in [0.1, 0.15) is 13.3 Å². The van der Waals surface area contributed by atoms with Gasteiger partial charge in [0.25, 0.3) is 0 Å². The Kier molecular flexibility index (Phi) is 5.57. The number of amidine groups is 1. The van der Waals surface area contributed by atoms with Crippen molar-refractivity contribution in [3.05, 3.63) is 11.8 Å². The molecule has 0 spiro atoms. The number of ether oxygens (including phenoxy) is 1. The van der Waals surface area contributed by atoms with Gasteiger partial charge in [0.15, 0.2) is 6.29 Å². The Morgan fingerprint density at radius 2 is 2.26 bits per heavy atom. The fourth-order valence-electron chi connectivity index (χ4n) is 2.56. The molecule has 2 aliphatic rings. The molecule has 0 saturated carbocycles. The Bertz CT molecular complexity index is 482. The minimum atomic E-state index is -1.60. The van der Waals surface area contributed by atoms with Crippen molar-refractivity contribution >= 4 is 5.84 Å². The van der Waals surface area contributed by atoms with Crippen molar-refractivity contribution < 1.29 is 14.9 Å². The second-order valence-electron chi connectivity index (χ2n) is 6.09. The molecule has 2 heterocycles. The van der Waals surface area contributed by atoms with Crippen LogP contribution in [-0.2, 0) is 4.74 Å². The molecule has 10 heteroatoms. The summed E-state index contributed by atoms with van der Waals surface area (Å²) in [4.78, 5) is 4.38. The molecule has 0 radical (unpaired) electrons. The Labute approximate surface area is 134 Å². The van der Waals surface area contributed by atoms with E-state index in [9.17, 15) is 10.2 Å². The third kappa shape index (κ3) is 4.61. The quantitative estimate of drug-likeness (QED) is 0.137. The molecule has 1 saturated heterocycles. The maximum absolute atomic E-state index is 10.1. The van der Waals surface area contributed by atoms with Crippen molar-refractivity contribution in [3.8, 4) is 0 Å². The topological polar surface area (TPSA) is 190 Å². The molecule has 12 N–H and O–H groups in total. The average Bonchev–Trinajstić information content (AvgIpc) is 2.46. The van der Waals surface area contributed by atoms with Gasteiger partial charge in [-0.3, -0.25) is 10.7 Å². The van der Waals surface area contributed by atoms with E-state index in [-0.39, 0.29) is 30.6 Å². The summed E-state index contributed by atoms with van der Waals surface area (Å²) in [6.07, 6.45) is 0.338. The molecule has 6 unspecified atom stereocenters. The maximum Gasteiger partial charge on any atom is 0.213 e. The van der Waals surface area contributed by atoms with E-state index in [1.165, 1.54) is 6.08 Å². The van der Waals surface area contributed by atoms with Crippen LogP contribution in [0.3, 0.4) is 0 Å². The number of hydrogen-bond donors (Lipinski definition) is 8. The second-order valence-corrected chi connectivity index (χ2v) is 6.09. The molecule has 0 bridgehead atoms. The number of aliphatic hydroxyl groups excluding tert-OH is 1. The van der Waals surface area contributed by atoms with Crippen LogP contribution in [0.4, 0.5) is 0 Å². The van der Waals surface area contributed by atoms with Gasteiger partial charge in [0.2, 0.25) is 5.85 Å². The molecule has 6 atom stereocenters. The van der Waals surface area contributed by atoms with E-state index in [0.717, 1.165) is 0 Å². The zero-order valence-corrected chi connectivity index (χ0v) is 13.1. The van der Waals surface area contributed by atoms with Gasteiger partial charge in [-0.2, -0.15) is 0 Å². The standard InChI is InChI=1S/C13H27N7O3/c1-6-2-10(23-12(21)8-3-13(17,22)20-8)9(5-18-6)19-11(16)7(15)4-14/h3,6-7,9-10,12,18,20-22H,2,4-5,14-15,17H2,1H3,(H2,16,19). The Balaban J connectivity index is 2.03. The van der Waals surface area contributed by atoms with Crippen LogP contribution in [0.2, 0.25) is 0 Å². The highest BCUT2D eigenvalue weighted by Gasteiger charge is 2.37. The van der Waals surface area contributed by atoms with Crippen LogP contribution in [0.15, 0.2) is 16.8 Å². The predicted octanol–water partition coefficient (Wildman–Crippen LogP) is -3.82. The third-order valence-electron chi connectivity index (χ3n) is 3.93. The van der Waals surface area contributed by atoms with Crippen LogP contribution in [0.25, 0.3) is 0 Å². The molecule has 0 aromatic heterocycles. The van der Waals surface area contributed by atoms with Crippen molar-refractivity contribution in [2.45, 2.75) is 49.7 Å². The van der Waals surface area contributed by atoms with Gasteiger partial charge in [-0.25, -0.2) is 0 Å². The Hall–Kier alpha value is -1.27. The maximum atomic E-state index is 10.1. The number of aliphatic imine (C=N–C) groups is 1. The highest BCUT2D eigenvalue weighted by molar-refractivity contribution is 5.86. The van der Waals surface area contributed by atoms with E-state index in [1.54, 1.807) is 0 Å². The lowest BCUT2D eigenvalue weighted by Gasteiger charge is -2.39. The van der Waals surface area contributed by atoms with Crippen molar-refractivity contribution in [3.63, 3.8) is 0 Å². The zero-order valence-electron chi connectivity index (χ0n) is 13.1. The highest BCUT2D eigenvalue weighted by atomic mass is 16.6. The van der Waals surface area contributed by atoms with Crippen LogP contribution in [0.5, 0.6) is 0 Å². The van der Waals surface area contributed by atoms with E-state index in [2.05, 4.69) is 15.6 Å². The number of piperidine rings is 1. The molecule has 0 aliphatic carbocycles. The summed E-state index contributed by atoms with van der Waals surface area (Å²) in [5, 5.41) is 25.3. The monoisotopic (exact) mass is 329 g/mol. The molecule has 0 amide bonds. The summed E-state index contributed by atoms with van der Waals surface area (Å²) in [6.45, 7) is 2.76. The summed E-state index contributed by atoms with van der Waals surface area (Å²) in [7, 11) is 0. The largest absolute Gasteiger partial charge is 0.386 e. The van der Waals surface area contributed by atoms with E-state index >= 15 is 0 Å². The third-order valence-corrected chi connectivity index (χ3v) is 3.93. The molecule has 0 aromatic rings. The van der Waals surface area contributed by atoms with Crippen molar-refractivity contribution in [2.75, 3.05) is 13.1 Å². The first-order chi connectivity index (χ1) is 10.7. The van der Waals surface area contributed by atoms with Gasteiger partial charge in [0.1, 0.15) is 5.84 Å². The zero-order chi connectivity index (χ0) is 17.2. The van der Waals surface area contributed by atoms with Crippen LogP contribution in [0, 0.1) is 0 Å². The second kappa shape index (κ2) is 7.09. The number of nitrogens with one attached hydrogen (secondary N) is 2. The summed E-state index contributed by atoms with van der Waals surface area (Å²) in [6, 6.07) is -0.600. The van der Waals surface area contributed by atoms with Gasteiger partial charge in [0.05, 0.1) is 23.9 Å². The van der Waals surface area contributed by atoms with E-state index in [0.29, 0.717) is 18.7 Å². The lowest BCUT2D eigenvalue weighted by molar-refractivity contribution is -0.141. The molecule has 23 heavy (non-hydrogen) atoms. The predicted molar refractivity (Wildman–Crippen MR) is 85.8 cm³/mol. The average molecular weight is 329 g/mol. The van der Waals surface area contributed by atoms with E-state index < -0.39 is 18.2 Å².